The van der Waals surface area contributed by atoms with Gasteiger partial charge in [0, 0.05) is 6.42 Å². The van der Waals surface area contributed by atoms with E-state index in [1.54, 1.807) is 0 Å². The molecular weight excluding hydrogens is 214 g/mol. The van der Waals surface area contributed by atoms with Gasteiger partial charge in [-0.25, -0.2) is 4.39 Å². The molecule has 1 heterocycles. The number of fused-ring (bicyclic) bond motifs is 1. The third-order valence-electron chi connectivity index (χ3n) is 2.57. The van der Waals surface area contributed by atoms with E-state index in [0.29, 0.717) is 16.6 Å². The summed E-state index contributed by atoms with van der Waals surface area (Å²) in [5, 5.41) is 18.1. The molecule has 2 rings (SSSR count). The lowest BCUT2D eigenvalue weighted by molar-refractivity contribution is -0.136. The lowest BCUT2D eigenvalue weighted by atomic mass is 9.75. The molecule has 0 fully saturated rings. The van der Waals surface area contributed by atoms with Crippen LogP contribution in [-0.4, -0.2) is 23.2 Å². The molecule has 6 heteroatoms. The number of benzene rings is 1. The fourth-order valence-electron chi connectivity index (χ4n) is 1.87. The van der Waals surface area contributed by atoms with Crippen molar-refractivity contribution < 1.29 is 24.0 Å². The number of carboxylic acid groups (broad SMARTS) is 1. The van der Waals surface area contributed by atoms with Gasteiger partial charge in [-0.1, -0.05) is 0 Å². The molecule has 16 heavy (non-hydrogen) atoms. The zero-order valence-corrected chi connectivity index (χ0v) is 8.44. The van der Waals surface area contributed by atoms with E-state index in [-0.39, 0.29) is 19.4 Å². The van der Waals surface area contributed by atoms with Crippen molar-refractivity contribution in [2.75, 3.05) is 0 Å². The van der Waals surface area contributed by atoms with Gasteiger partial charge in [0.1, 0.15) is 5.82 Å². The van der Waals surface area contributed by atoms with E-state index in [1.807, 2.05) is 0 Å². The summed E-state index contributed by atoms with van der Waals surface area (Å²) in [7, 11) is -1.07. The van der Waals surface area contributed by atoms with Gasteiger partial charge >= 0.3 is 13.1 Å². The minimum Gasteiger partial charge on any atom is -0.481 e. The van der Waals surface area contributed by atoms with Gasteiger partial charge in [-0.2, -0.15) is 0 Å². The van der Waals surface area contributed by atoms with E-state index in [4.69, 9.17) is 9.76 Å². The number of aliphatic carboxylic acids is 1. The van der Waals surface area contributed by atoms with E-state index < -0.39 is 18.9 Å². The zero-order chi connectivity index (χ0) is 11.7. The monoisotopic (exact) mass is 224 g/mol. The maximum absolute atomic E-state index is 13.2. The lowest BCUT2D eigenvalue weighted by Gasteiger charge is -2.07. The first-order valence-electron chi connectivity index (χ1n) is 4.90. The van der Waals surface area contributed by atoms with Crippen LogP contribution in [0, 0.1) is 5.82 Å². The van der Waals surface area contributed by atoms with Crippen LogP contribution in [0.2, 0.25) is 0 Å². The summed E-state index contributed by atoms with van der Waals surface area (Å²) in [6, 6.07) is 2.55. The second-order valence-electron chi connectivity index (χ2n) is 3.69. The second kappa shape index (κ2) is 4.23. The zero-order valence-electron chi connectivity index (χ0n) is 8.44. The normalized spacial score (nSPS) is 14.0. The van der Waals surface area contributed by atoms with Crippen molar-refractivity contribution in [3.8, 4) is 0 Å². The van der Waals surface area contributed by atoms with Crippen molar-refractivity contribution in [3.05, 3.63) is 29.1 Å². The van der Waals surface area contributed by atoms with E-state index >= 15 is 0 Å². The minimum absolute atomic E-state index is 0.0946. The van der Waals surface area contributed by atoms with Gasteiger partial charge < -0.3 is 14.8 Å². The molecule has 0 unspecified atom stereocenters. The quantitative estimate of drug-likeness (QED) is 0.712. The van der Waals surface area contributed by atoms with Crippen molar-refractivity contribution in [1.29, 1.82) is 0 Å². The maximum atomic E-state index is 13.2. The Balaban J connectivity index is 2.33. The molecule has 0 saturated heterocycles. The summed E-state index contributed by atoms with van der Waals surface area (Å²) in [5.41, 5.74) is 1.61. The molecule has 0 spiro atoms. The second-order valence-corrected chi connectivity index (χ2v) is 3.69. The number of hydrogen-bond acceptors (Lipinski definition) is 3. The lowest BCUT2D eigenvalue weighted by Crippen LogP contribution is -2.32. The summed E-state index contributed by atoms with van der Waals surface area (Å²) in [4.78, 5) is 10.5. The molecule has 0 amide bonds. The van der Waals surface area contributed by atoms with Crippen molar-refractivity contribution in [1.82, 2.24) is 0 Å². The Morgan fingerprint density at radius 2 is 2.31 bits per heavy atom. The minimum atomic E-state index is -1.07. The average Bonchev–Trinajstić information content (AvgIpc) is 2.56. The summed E-state index contributed by atoms with van der Waals surface area (Å²) in [5.74, 6) is -1.39. The highest BCUT2D eigenvalue weighted by molar-refractivity contribution is 6.62. The molecule has 1 aromatic carbocycles. The average molecular weight is 224 g/mol. The molecule has 0 bridgehead atoms. The van der Waals surface area contributed by atoms with E-state index in [2.05, 4.69) is 0 Å². The molecule has 1 aliphatic rings. The molecular formula is C10H10BFO4. The number of carbonyl (C=O) groups is 1. The van der Waals surface area contributed by atoms with Gasteiger partial charge in [-0.05, 0) is 35.1 Å². The Kier molecular flexibility index (Phi) is 2.94. The van der Waals surface area contributed by atoms with Gasteiger partial charge in [-0.15, -0.1) is 0 Å². The van der Waals surface area contributed by atoms with Crippen LogP contribution in [0.5, 0.6) is 0 Å². The van der Waals surface area contributed by atoms with Crippen LogP contribution in [-0.2, 0) is 22.5 Å². The first-order valence-corrected chi connectivity index (χ1v) is 4.90. The highest BCUT2D eigenvalue weighted by Crippen LogP contribution is 2.16. The topological polar surface area (TPSA) is 66.8 Å². The molecule has 0 radical (unpaired) electrons. The van der Waals surface area contributed by atoms with E-state index in [9.17, 15) is 14.2 Å². The SMILES string of the molecule is O=C(O)CCc1cc(F)cc2c1B(O)OC2. The van der Waals surface area contributed by atoms with Crippen molar-refractivity contribution in [3.63, 3.8) is 0 Å². The van der Waals surface area contributed by atoms with Crippen LogP contribution in [0.1, 0.15) is 17.5 Å². The molecule has 2 N–H and O–H groups in total. The molecule has 0 aliphatic carbocycles. The highest BCUT2D eigenvalue weighted by Gasteiger charge is 2.30. The molecule has 1 aliphatic heterocycles. The predicted molar refractivity (Wildman–Crippen MR) is 54.8 cm³/mol. The molecule has 0 atom stereocenters. The highest BCUT2D eigenvalue weighted by atomic mass is 19.1. The largest absolute Gasteiger partial charge is 0.492 e. The summed E-state index contributed by atoms with van der Waals surface area (Å²) in [6.45, 7) is 0.161. The molecule has 1 aromatic rings. The van der Waals surface area contributed by atoms with Crippen molar-refractivity contribution in [2.45, 2.75) is 19.4 Å². The smallest absolute Gasteiger partial charge is 0.481 e. The summed E-state index contributed by atoms with van der Waals surface area (Å²) in [6.07, 6.45) is 0.0957. The summed E-state index contributed by atoms with van der Waals surface area (Å²) < 4.78 is 18.2. The van der Waals surface area contributed by atoms with Crippen LogP contribution >= 0.6 is 0 Å². The number of aryl methyl sites for hydroxylation is 1. The van der Waals surface area contributed by atoms with Crippen molar-refractivity contribution in [2.24, 2.45) is 0 Å². The number of carboxylic acids is 1. The van der Waals surface area contributed by atoms with Crippen LogP contribution in [0.15, 0.2) is 12.1 Å². The van der Waals surface area contributed by atoms with Gasteiger partial charge in [0.15, 0.2) is 0 Å². The number of hydrogen-bond donors (Lipinski definition) is 2. The van der Waals surface area contributed by atoms with E-state index in [1.165, 1.54) is 12.1 Å². The fraction of sp³-hybridized carbons (Fsp3) is 0.300. The van der Waals surface area contributed by atoms with Crippen molar-refractivity contribution >= 4 is 18.6 Å². The van der Waals surface area contributed by atoms with Gasteiger partial charge in [-0.3, -0.25) is 4.79 Å². The third kappa shape index (κ3) is 2.07. The van der Waals surface area contributed by atoms with Gasteiger partial charge in [0.2, 0.25) is 0 Å². The van der Waals surface area contributed by atoms with Crippen LogP contribution in [0.4, 0.5) is 4.39 Å². The number of rotatable bonds is 3. The predicted octanol–water partition coefficient (Wildman–Crippen LogP) is 0.0606. The van der Waals surface area contributed by atoms with Gasteiger partial charge in [0.25, 0.3) is 0 Å². The maximum Gasteiger partial charge on any atom is 0.492 e. The molecule has 4 nitrogen and oxygen atoms in total. The Labute approximate surface area is 91.8 Å². The Morgan fingerprint density at radius 1 is 1.56 bits per heavy atom. The first kappa shape index (κ1) is 11.1. The molecule has 84 valence electrons. The Bertz CT molecular complexity index is 435. The molecule has 0 aromatic heterocycles. The first-order chi connectivity index (χ1) is 7.58. The standard InChI is InChI=1S/C10H10BFO4/c12-8-3-6(1-2-9(13)14)10-7(4-8)5-16-11(10)15/h3-4,15H,1-2,5H2,(H,13,14). The Morgan fingerprint density at radius 3 is 3.00 bits per heavy atom. The third-order valence-corrected chi connectivity index (χ3v) is 2.57. The fourth-order valence-corrected chi connectivity index (χ4v) is 1.87. The summed E-state index contributed by atoms with van der Waals surface area (Å²) >= 11 is 0. The van der Waals surface area contributed by atoms with Crippen LogP contribution in [0.25, 0.3) is 0 Å². The van der Waals surface area contributed by atoms with Gasteiger partial charge in [0.05, 0.1) is 6.61 Å². The van der Waals surface area contributed by atoms with E-state index in [0.717, 1.165) is 0 Å². The molecule has 0 saturated carbocycles. The van der Waals surface area contributed by atoms with Crippen LogP contribution < -0.4 is 5.46 Å². The van der Waals surface area contributed by atoms with Crippen LogP contribution in [0.3, 0.4) is 0 Å². The Hall–Kier alpha value is -1.40. The number of halogens is 1.